The summed E-state index contributed by atoms with van der Waals surface area (Å²) in [5.74, 6) is 1.24. The number of nitrogens with one attached hydrogen (secondary N) is 1. The molecule has 126 valence electrons. The molecule has 0 aliphatic rings. The summed E-state index contributed by atoms with van der Waals surface area (Å²) < 4.78 is 5.52. The van der Waals surface area contributed by atoms with Crippen molar-refractivity contribution in [1.29, 1.82) is 0 Å². The van der Waals surface area contributed by atoms with E-state index < -0.39 is 6.10 Å². The second-order valence-corrected chi connectivity index (χ2v) is 7.02. The lowest BCUT2D eigenvalue weighted by atomic mass is 10.0. The van der Waals surface area contributed by atoms with Crippen LogP contribution in [-0.4, -0.2) is 30.4 Å². The number of aliphatic hydroxyl groups excluding tert-OH is 1. The number of benzene rings is 1. The average molecular weight is 348 g/mol. The van der Waals surface area contributed by atoms with Crippen LogP contribution in [0.4, 0.5) is 0 Å². The fourth-order valence-corrected chi connectivity index (χ4v) is 2.44. The molecule has 0 radical (unpaired) electrons. The maximum Gasteiger partial charge on any atom is 0.139 e. The SMILES string of the molecule is CC(C)CCC[C@@H](C)NC[C@H](O)COc1cc(Cl)ccc1Cl. The van der Waals surface area contributed by atoms with Gasteiger partial charge in [-0.3, -0.25) is 0 Å². The second kappa shape index (κ2) is 10.3. The van der Waals surface area contributed by atoms with Gasteiger partial charge in [-0.15, -0.1) is 0 Å². The van der Waals surface area contributed by atoms with E-state index in [1.807, 2.05) is 0 Å². The first-order chi connectivity index (χ1) is 10.4. The van der Waals surface area contributed by atoms with E-state index in [9.17, 15) is 5.11 Å². The minimum atomic E-state index is -0.581. The minimum Gasteiger partial charge on any atom is -0.489 e. The molecule has 0 heterocycles. The molecular formula is C17H27Cl2NO2. The molecule has 5 heteroatoms. The maximum absolute atomic E-state index is 9.97. The Balaban J connectivity index is 2.23. The van der Waals surface area contributed by atoms with Crippen molar-refractivity contribution in [2.75, 3.05) is 13.2 Å². The van der Waals surface area contributed by atoms with Gasteiger partial charge in [0.25, 0.3) is 0 Å². The van der Waals surface area contributed by atoms with Crippen molar-refractivity contribution in [3.8, 4) is 5.75 Å². The van der Waals surface area contributed by atoms with Gasteiger partial charge in [0.05, 0.1) is 5.02 Å². The Morgan fingerprint density at radius 3 is 2.59 bits per heavy atom. The molecule has 0 saturated carbocycles. The van der Waals surface area contributed by atoms with Crippen LogP contribution < -0.4 is 10.1 Å². The summed E-state index contributed by atoms with van der Waals surface area (Å²) in [5, 5.41) is 14.4. The summed E-state index contributed by atoms with van der Waals surface area (Å²) in [6, 6.07) is 5.43. The van der Waals surface area contributed by atoms with E-state index in [1.165, 1.54) is 12.8 Å². The summed E-state index contributed by atoms with van der Waals surface area (Å²) in [5.41, 5.74) is 0. The number of hydrogen-bond donors (Lipinski definition) is 2. The molecule has 0 amide bonds. The van der Waals surface area contributed by atoms with Gasteiger partial charge in [0, 0.05) is 23.7 Å². The predicted molar refractivity (Wildman–Crippen MR) is 94.1 cm³/mol. The standard InChI is InChI=1S/C17H27Cl2NO2/c1-12(2)5-4-6-13(3)20-10-15(21)11-22-17-9-14(18)7-8-16(17)19/h7-9,12-13,15,20-21H,4-6,10-11H2,1-3H3/t13-,15+/m1/s1. The molecule has 0 aliphatic carbocycles. The van der Waals surface area contributed by atoms with E-state index >= 15 is 0 Å². The summed E-state index contributed by atoms with van der Waals surface area (Å²) in [7, 11) is 0. The molecule has 2 N–H and O–H groups in total. The first-order valence-electron chi connectivity index (χ1n) is 7.87. The molecule has 0 spiro atoms. The molecular weight excluding hydrogens is 321 g/mol. The number of ether oxygens (including phenoxy) is 1. The summed E-state index contributed by atoms with van der Waals surface area (Å²) >= 11 is 11.9. The fourth-order valence-electron chi connectivity index (χ4n) is 2.10. The van der Waals surface area contributed by atoms with Crippen molar-refractivity contribution in [3.05, 3.63) is 28.2 Å². The third-order valence-corrected chi connectivity index (χ3v) is 3.99. The maximum atomic E-state index is 9.97. The average Bonchev–Trinajstić information content (AvgIpc) is 2.45. The molecule has 2 atom stereocenters. The topological polar surface area (TPSA) is 41.5 Å². The summed E-state index contributed by atoms with van der Waals surface area (Å²) in [6.07, 6.45) is 2.98. The zero-order valence-corrected chi connectivity index (χ0v) is 15.1. The molecule has 1 rings (SSSR count). The Bertz CT molecular complexity index is 441. The third kappa shape index (κ3) is 8.23. The van der Waals surface area contributed by atoms with Crippen molar-refractivity contribution in [1.82, 2.24) is 5.32 Å². The highest BCUT2D eigenvalue weighted by molar-refractivity contribution is 6.34. The second-order valence-electron chi connectivity index (χ2n) is 6.17. The van der Waals surface area contributed by atoms with E-state index in [0.717, 1.165) is 12.3 Å². The molecule has 22 heavy (non-hydrogen) atoms. The lowest BCUT2D eigenvalue weighted by Crippen LogP contribution is -2.36. The van der Waals surface area contributed by atoms with Gasteiger partial charge < -0.3 is 15.2 Å². The molecule has 0 unspecified atom stereocenters. The highest BCUT2D eigenvalue weighted by Crippen LogP contribution is 2.27. The van der Waals surface area contributed by atoms with Crippen molar-refractivity contribution in [2.24, 2.45) is 5.92 Å². The van der Waals surface area contributed by atoms with Crippen molar-refractivity contribution in [3.63, 3.8) is 0 Å². The van der Waals surface area contributed by atoms with Gasteiger partial charge in [-0.2, -0.15) is 0 Å². The van der Waals surface area contributed by atoms with Gasteiger partial charge in [0.15, 0.2) is 0 Å². The molecule has 0 bridgehead atoms. The first-order valence-corrected chi connectivity index (χ1v) is 8.63. The zero-order valence-electron chi connectivity index (χ0n) is 13.6. The van der Waals surface area contributed by atoms with Crippen molar-refractivity contribution < 1.29 is 9.84 Å². The lowest BCUT2D eigenvalue weighted by molar-refractivity contribution is 0.104. The molecule has 1 aromatic carbocycles. The van der Waals surface area contributed by atoms with Crippen LogP contribution in [0.3, 0.4) is 0 Å². The largest absolute Gasteiger partial charge is 0.489 e. The van der Waals surface area contributed by atoms with Crippen LogP contribution in [-0.2, 0) is 0 Å². The van der Waals surface area contributed by atoms with Crippen molar-refractivity contribution >= 4 is 23.2 Å². The molecule has 0 saturated heterocycles. The van der Waals surface area contributed by atoms with Gasteiger partial charge in [-0.05, 0) is 31.4 Å². The quantitative estimate of drug-likeness (QED) is 0.652. The van der Waals surface area contributed by atoms with Crippen molar-refractivity contribution in [2.45, 2.75) is 52.2 Å². The van der Waals surface area contributed by atoms with Crippen LogP contribution in [0.5, 0.6) is 5.75 Å². The smallest absolute Gasteiger partial charge is 0.139 e. The van der Waals surface area contributed by atoms with Crippen LogP contribution in [0.1, 0.15) is 40.0 Å². The summed E-state index contributed by atoms with van der Waals surface area (Å²) in [6.45, 7) is 7.30. The number of hydrogen-bond acceptors (Lipinski definition) is 3. The Kier molecular flexibility index (Phi) is 9.18. The van der Waals surface area contributed by atoms with Gasteiger partial charge in [-0.1, -0.05) is 49.9 Å². The van der Waals surface area contributed by atoms with Crippen LogP contribution in [0, 0.1) is 5.92 Å². The predicted octanol–water partition coefficient (Wildman–Crippen LogP) is 4.54. The molecule has 1 aromatic rings. The molecule has 0 fully saturated rings. The Labute approximate surface area is 144 Å². The van der Waals surface area contributed by atoms with Gasteiger partial charge >= 0.3 is 0 Å². The normalized spacial score (nSPS) is 14.1. The van der Waals surface area contributed by atoms with Crippen LogP contribution >= 0.6 is 23.2 Å². The third-order valence-electron chi connectivity index (χ3n) is 3.45. The van der Waals surface area contributed by atoms with Crippen LogP contribution in [0.2, 0.25) is 10.0 Å². The minimum absolute atomic E-state index is 0.186. The number of aliphatic hydroxyl groups is 1. The fraction of sp³-hybridized carbons (Fsp3) is 0.647. The molecule has 0 aromatic heterocycles. The number of halogens is 2. The van der Waals surface area contributed by atoms with E-state index in [1.54, 1.807) is 18.2 Å². The van der Waals surface area contributed by atoms with Gasteiger partial charge in [-0.25, -0.2) is 0 Å². The first kappa shape index (κ1) is 19.6. The van der Waals surface area contributed by atoms with E-state index in [4.69, 9.17) is 27.9 Å². The Morgan fingerprint density at radius 1 is 1.18 bits per heavy atom. The Morgan fingerprint density at radius 2 is 1.91 bits per heavy atom. The van der Waals surface area contributed by atoms with E-state index in [-0.39, 0.29) is 6.61 Å². The van der Waals surface area contributed by atoms with E-state index in [0.29, 0.717) is 28.4 Å². The zero-order chi connectivity index (χ0) is 16.5. The Hall–Kier alpha value is -0.480. The van der Waals surface area contributed by atoms with Gasteiger partial charge in [0.1, 0.15) is 18.5 Å². The van der Waals surface area contributed by atoms with E-state index in [2.05, 4.69) is 26.1 Å². The van der Waals surface area contributed by atoms with Gasteiger partial charge in [0.2, 0.25) is 0 Å². The highest BCUT2D eigenvalue weighted by atomic mass is 35.5. The van der Waals surface area contributed by atoms with Crippen LogP contribution in [0.15, 0.2) is 18.2 Å². The molecule has 3 nitrogen and oxygen atoms in total. The molecule has 0 aliphatic heterocycles. The lowest BCUT2D eigenvalue weighted by Gasteiger charge is -2.18. The highest BCUT2D eigenvalue weighted by Gasteiger charge is 2.10. The number of rotatable bonds is 10. The summed E-state index contributed by atoms with van der Waals surface area (Å²) in [4.78, 5) is 0. The monoisotopic (exact) mass is 347 g/mol. The van der Waals surface area contributed by atoms with Crippen LogP contribution in [0.25, 0.3) is 0 Å².